The minimum Gasteiger partial charge on any atom is -0.744 e. The quantitative estimate of drug-likeness (QED) is 0.0293. The predicted octanol–water partition coefficient (Wildman–Crippen LogP) is -2.25. The molecule has 0 aliphatic carbocycles. The van der Waals surface area contributed by atoms with Crippen LogP contribution in [0.25, 0.3) is 10.8 Å². The van der Waals surface area contributed by atoms with Crippen LogP contribution in [-0.2, 0) is 29.0 Å². The number of anilines is 3. The summed E-state index contributed by atoms with van der Waals surface area (Å²) in [5.41, 5.74) is 0.857. The van der Waals surface area contributed by atoms with Crippen LogP contribution in [-0.4, -0.2) is 44.2 Å². The monoisotopic (exact) mass is 684 g/mol. The fourth-order valence-electron chi connectivity index (χ4n) is 3.96. The molecule has 0 fully saturated rings. The van der Waals surface area contributed by atoms with Crippen LogP contribution >= 0.6 is 12.0 Å². The average Bonchev–Trinajstić information content (AvgIpc) is 2.99. The fourth-order valence-corrected chi connectivity index (χ4v) is 5.10. The SMILES string of the molecule is COC=Nc1ccc(NC(=O)c2ccc3ccc(C(=O)Nc4ccc(NC(C)=O)cc4S(=O)(=O)[O-])cc3c2)c(SOO[O-])c1.[Na+].[Na+]. The van der Waals surface area contributed by atoms with Gasteiger partial charge in [-0.3, -0.25) is 19.4 Å². The van der Waals surface area contributed by atoms with Crippen molar-refractivity contribution >= 4 is 79.8 Å². The molecule has 228 valence electrons. The summed E-state index contributed by atoms with van der Waals surface area (Å²) in [7, 11) is -3.59. The molecular formula is C28H22N4Na2O10S2. The first-order valence-corrected chi connectivity index (χ1v) is 14.5. The molecule has 0 bridgehead atoms. The van der Waals surface area contributed by atoms with Gasteiger partial charge in [0.15, 0.2) is 6.40 Å². The van der Waals surface area contributed by atoms with Crippen molar-refractivity contribution in [2.75, 3.05) is 23.1 Å². The van der Waals surface area contributed by atoms with Gasteiger partial charge in [0.05, 0.1) is 46.0 Å². The maximum atomic E-state index is 13.1. The van der Waals surface area contributed by atoms with Crippen molar-refractivity contribution in [3.05, 3.63) is 83.9 Å². The van der Waals surface area contributed by atoms with Crippen LogP contribution in [0.5, 0.6) is 0 Å². The van der Waals surface area contributed by atoms with Gasteiger partial charge in [-0.25, -0.2) is 13.4 Å². The van der Waals surface area contributed by atoms with Crippen molar-refractivity contribution in [2.45, 2.75) is 16.7 Å². The first kappa shape index (κ1) is 39.3. The van der Waals surface area contributed by atoms with E-state index in [1.165, 1.54) is 50.8 Å². The minimum absolute atomic E-state index is 0. The third kappa shape index (κ3) is 10.6. The summed E-state index contributed by atoms with van der Waals surface area (Å²) in [5, 5.41) is 22.5. The zero-order valence-electron chi connectivity index (χ0n) is 24.9. The first-order valence-electron chi connectivity index (χ1n) is 12.3. The summed E-state index contributed by atoms with van der Waals surface area (Å²) in [6.07, 6.45) is 1.20. The molecule has 4 aromatic carbocycles. The maximum Gasteiger partial charge on any atom is 1.00 e. The van der Waals surface area contributed by atoms with Crippen LogP contribution in [0.4, 0.5) is 22.7 Å². The van der Waals surface area contributed by atoms with Gasteiger partial charge in [-0.2, -0.15) is 4.33 Å². The maximum absolute atomic E-state index is 13.1. The van der Waals surface area contributed by atoms with Gasteiger partial charge in [-0.1, -0.05) is 12.1 Å². The molecule has 46 heavy (non-hydrogen) atoms. The van der Waals surface area contributed by atoms with E-state index in [1.807, 2.05) is 0 Å². The molecule has 0 aliphatic rings. The second-order valence-corrected chi connectivity index (χ2v) is 11.0. The Morgan fingerprint density at radius 1 is 0.826 bits per heavy atom. The number of fused-ring (bicyclic) bond motifs is 1. The van der Waals surface area contributed by atoms with E-state index in [2.05, 4.69) is 30.3 Å². The van der Waals surface area contributed by atoms with E-state index in [9.17, 15) is 32.6 Å². The Bertz CT molecular complexity index is 1890. The number of carbonyl (C=O) groups is 3. The van der Waals surface area contributed by atoms with Crippen LogP contribution in [0.3, 0.4) is 0 Å². The molecule has 3 N–H and O–H groups in total. The van der Waals surface area contributed by atoms with Gasteiger partial charge in [-0.15, -0.1) is 0 Å². The molecule has 18 heteroatoms. The number of amides is 3. The van der Waals surface area contributed by atoms with Crippen molar-refractivity contribution < 1.29 is 106 Å². The molecular weight excluding hydrogens is 662 g/mol. The van der Waals surface area contributed by atoms with Crippen LogP contribution in [0.1, 0.15) is 27.6 Å². The fraction of sp³-hybridized carbons (Fsp3) is 0.0714. The standard InChI is InChI=1S/C28H24N4O10S2.2Na/c1-16(33)30-22-8-10-24(26(14-22)44(37,38)39)32-28(35)19-6-4-17-3-5-18(11-20(17)12-19)27(34)31-23-9-7-21(29-15-40-2)13-25(23)43-42-41-36;;/h3-15,36H,1-2H3,(H,30,33)(H,31,34)(H,32,35)(H,37,38,39);;/q;2*+1/p-2. The second-order valence-electron chi connectivity index (χ2n) is 8.90. The Morgan fingerprint density at radius 3 is 2.00 bits per heavy atom. The van der Waals surface area contributed by atoms with Crippen LogP contribution in [0.2, 0.25) is 0 Å². The number of aliphatic imine (C=N–C) groups is 1. The molecule has 0 saturated heterocycles. The number of nitrogens with zero attached hydrogens (tertiary/aromatic N) is 1. The summed E-state index contributed by atoms with van der Waals surface area (Å²) >= 11 is 0.562. The number of hydrogen-bond acceptors (Lipinski definition) is 12. The van der Waals surface area contributed by atoms with Crippen LogP contribution in [0, 0.1) is 0 Å². The molecule has 0 aromatic heterocycles. The summed E-state index contributed by atoms with van der Waals surface area (Å²) in [6.45, 7) is 1.21. The molecule has 14 nitrogen and oxygen atoms in total. The van der Waals surface area contributed by atoms with E-state index in [4.69, 9.17) is 4.74 Å². The molecule has 0 aliphatic heterocycles. The summed E-state index contributed by atoms with van der Waals surface area (Å²) < 4.78 is 44.8. The Labute approximate surface area is 311 Å². The number of benzene rings is 4. The average molecular weight is 685 g/mol. The van der Waals surface area contributed by atoms with Crippen molar-refractivity contribution in [1.29, 1.82) is 0 Å². The molecule has 0 atom stereocenters. The van der Waals surface area contributed by atoms with E-state index in [-0.39, 0.29) is 87.3 Å². The molecule has 0 spiro atoms. The smallest absolute Gasteiger partial charge is 0.744 e. The van der Waals surface area contributed by atoms with Gasteiger partial charge in [-0.05, 0) is 71.4 Å². The van der Waals surface area contributed by atoms with Gasteiger partial charge in [0.25, 0.3) is 11.8 Å². The molecule has 0 unspecified atom stereocenters. The zero-order chi connectivity index (χ0) is 31.9. The zero-order valence-corrected chi connectivity index (χ0v) is 30.5. The van der Waals surface area contributed by atoms with E-state index in [0.29, 0.717) is 33.4 Å². The van der Waals surface area contributed by atoms with E-state index in [0.717, 1.165) is 6.07 Å². The molecule has 0 heterocycles. The number of ether oxygens (including phenoxy) is 1. The molecule has 3 amide bonds. The van der Waals surface area contributed by atoms with E-state index < -0.39 is 32.7 Å². The van der Waals surface area contributed by atoms with Crippen molar-refractivity contribution in [1.82, 2.24) is 0 Å². The number of carbonyl (C=O) groups excluding carboxylic acids is 3. The summed E-state index contributed by atoms with van der Waals surface area (Å²) in [5.74, 6) is -1.73. The van der Waals surface area contributed by atoms with Gasteiger partial charge in [0.1, 0.15) is 10.1 Å². The second kappa shape index (κ2) is 17.9. The van der Waals surface area contributed by atoms with Crippen molar-refractivity contribution in [3.63, 3.8) is 0 Å². The molecule has 4 aromatic rings. The van der Waals surface area contributed by atoms with E-state index in [1.54, 1.807) is 36.4 Å². The van der Waals surface area contributed by atoms with Gasteiger partial charge in [0, 0.05) is 23.7 Å². The normalized spacial score (nSPS) is 10.9. The van der Waals surface area contributed by atoms with Crippen LogP contribution < -0.4 is 80.3 Å². The van der Waals surface area contributed by atoms with Crippen molar-refractivity contribution in [3.8, 4) is 0 Å². The largest absolute Gasteiger partial charge is 1.00 e. The number of hydrogen-bond donors (Lipinski definition) is 3. The first-order chi connectivity index (χ1) is 21.0. The Morgan fingerprint density at radius 2 is 1.43 bits per heavy atom. The van der Waals surface area contributed by atoms with Gasteiger partial charge < -0.3 is 30.5 Å². The predicted molar refractivity (Wildman–Crippen MR) is 158 cm³/mol. The summed E-state index contributed by atoms with van der Waals surface area (Å²) in [6, 6.07) is 17.5. The number of rotatable bonds is 11. The molecule has 0 radical (unpaired) electrons. The number of methoxy groups -OCH3 is 1. The topological polar surface area (TPSA) is 208 Å². The van der Waals surface area contributed by atoms with E-state index >= 15 is 0 Å². The Balaban J connectivity index is 0.00000368. The minimum atomic E-state index is -5.02. The van der Waals surface area contributed by atoms with Gasteiger partial charge >= 0.3 is 59.1 Å². The Hall–Kier alpha value is -2.84. The summed E-state index contributed by atoms with van der Waals surface area (Å²) in [4.78, 5) is 41.1. The van der Waals surface area contributed by atoms with Gasteiger partial charge in [0.2, 0.25) is 5.91 Å². The third-order valence-electron chi connectivity index (χ3n) is 5.86. The van der Waals surface area contributed by atoms with Crippen LogP contribution in [0.15, 0.2) is 87.6 Å². The number of nitrogens with one attached hydrogen (secondary N) is 3. The Kier molecular flexibility index (Phi) is 15.3. The molecule has 0 saturated carbocycles. The third-order valence-corrected chi connectivity index (χ3v) is 7.37. The van der Waals surface area contributed by atoms with Crippen molar-refractivity contribution in [2.24, 2.45) is 4.99 Å². The molecule has 4 rings (SSSR count).